The lowest BCUT2D eigenvalue weighted by Gasteiger charge is -2.34. The Morgan fingerprint density at radius 3 is 2.60 bits per heavy atom. The third-order valence-corrected chi connectivity index (χ3v) is 4.79. The molecule has 0 aromatic carbocycles. The summed E-state index contributed by atoms with van der Waals surface area (Å²) in [5.41, 5.74) is 3.81. The zero-order valence-corrected chi connectivity index (χ0v) is 14.4. The van der Waals surface area contributed by atoms with Crippen molar-refractivity contribution in [2.75, 3.05) is 26.2 Å². The number of pyridine rings is 1. The van der Waals surface area contributed by atoms with Crippen LogP contribution in [0.2, 0.25) is 0 Å². The topological polar surface area (TPSA) is 60.7 Å². The molecule has 0 saturated carbocycles. The Morgan fingerprint density at radius 1 is 1.16 bits per heavy atom. The highest BCUT2D eigenvalue weighted by Gasteiger charge is 2.20. The highest BCUT2D eigenvalue weighted by atomic mass is 16.5. The van der Waals surface area contributed by atoms with E-state index in [0.29, 0.717) is 0 Å². The van der Waals surface area contributed by atoms with Crippen LogP contribution in [0.1, 0.15) is 22.6 Å². The molecule has 0 spiro atoms. The van der Waals surface area contributed by atoms with Crippen LogP contribution >= 0.6 is 0 Å². The van der Waals surface area contributed by atoms with E-state index in [2.05, 4.69) is 27.2 Å². The van der Waals surface area contributed by atoms with Gasteiger partial charge in [0.2, 0.25) is 0 Å². The summed E-state index contributed by atoms with van der Waals surface area (Å²) in [6.07, 6.45) is 4.08. The summed E-state index contributed by atoms with van der Waals surface area (Å²) in [7, 11) is 0. The van der Waals surface area contributed by atoms with E-state index in [0.717, 1.165) is 67.4 Å². The summed E-state index contributed by atoms with van der Waals surface area (Å²) in [4.78, 5) is 4.80. The van der Waals surface area contributed by atoms with Crippen LogP contribution in [0.5, 0.6) is 0 Å². The molecule has 0 radical (unpaired) electrons. The molecule has 0 N–H and O–H groups in total. The van der Waals surface area contributed by atoms with Crippen LogP contribution in [0, 0.1) is 18.3 Å². The van der Waals surface area contributed by atoms with Crippen molar-refractivity contribution in [3.05, 3.63) is 59.2 Å². The number of aryl methyl sites for hydroxylation is 1. The van der Waals surface area contributed by atoms with Crippen LogP contribution in [-0.4, -0.2) is 45.5 Å². The number of nitrogens with zero attached hydrogens (tertiary/aromatic N) is 5. The lowest BCUT2D eigenvalue weighted by molar-refractivity contribution is 0.113. The van der Waals surface area contributed by atoms with E-state index in [9.17, 15) is 5.26 Å². The van der Waals surface area contributed by atoms with E-state index in [4.69, 9.17) is 4.52 Å². The number of rotatable bonds is 4. The van der Waals surface area contributed by atoms with E-state index in [1.54, 1.807) is 0 Å². The zero-order chi connectivity index (χ0) is 17.2. The first-order chi connectivity index (χ1) is 12.2. The molecule has 1 aliphatic rings. The van der Waals surface area contributed by atoms with Gasteiger partial charge < -0.3 is 8.92 Å². The minimum Gasteiger partial charge on any atom is -0.360 e. The predicted molar refractivity (Wildman–Crippen MR) is 93.9 cm³/mol. The van der Waals surface area contributed by atoms with Gasteiger partial charge in [0, 0.05) is 56.7 Å². The summed E-state index contributed by atoms with van der Waals surface area (Å²) in [6, 6.07) is 10.3. The minimum absolute atomic E-state index is 0.792. The van der Waals surface area contributed by atoms with Gasteiger partial charge in [-0.2, -0.15) is 5.26 Å². The maximum absolute atomic E-state index is 9.54. The lowest BCUT2D eigenvalue weighted by atomic mass is 10.1. The summed E-state index contributed by atoms with van der Waals surface area (Å²) in [5, 5.41) is 13.5. The molecule has 0 aliphatic carbocycles. The predicted octanol–water partition coefficient (Wildman–Crippen LogP) is 2.43. The highest BCUT2D eigenvalue weighted by Crippen LogP contribution is 2.20. The standard InChI is InChI=1S/C19H21N5O/c1-15-10-17(25-21-15)14-23-8-6-22(7-9-23)12-16-13-24-5-3-2-4-19(24)18(16)11-20/h2-5,10,13H,6-9,12,14H2,1H3. The van der Waals surface area contributed by atoms with Gasteiger partial charge in [-0.05, 0) is 19.1 Å². The fourth-order valence-electron chi connectivity index (χ4n) is 3.48. The van der Waals surface area contributed by atoms with Gasteiger partial charge in [-0.25, -0.2) is 0 Å². The van der Waals surface area contributed by atoms with Crippen LogP contribution in [-0.2, 0) is 13.1 Å². The molecule has 4 rings (SSSR count). The van der Waals surface area contributed by atoms with Crippen LogP contribution < -0.4 is 0 Å². The first kappa shape index (κ1) is 15.9. The molecule has 6 nitrogen and oxygen atoms in total. The van der Waals surface area contributed by atoms with E-state index >= 15 is 0 Å². The number of aromatic nitrogens is 2. The monoisotopic (exact) mass is 335 g/mol. The molecule has 0 bridgehead atoms. The number of hydrogen-bond acceptors (Lipinski definition) is 5. The van der Waals surface area contributed by atoms with Crippen molar-refractivity contribution >= 4 is 5.52 Å². The molecule has 3 aromatic rings. The largest absolute Gasteiger partial charge is 0.360 e. The van der Waals surface area contributed by atoms with Crippen LogP contribution in [0.15, 0.2) is 41.2 Å². The van der Waals surface area contributed by atoms with Crippen molar-refractivity contribution in [3.8, 4) is 6.07 Å². The number of fused-ring (bicyclic) bond motifs is 1. The maximum Gasteiger partial charge on any atom is 0.150 e. The maximum atomic E-state index is 9.54. The average Bonchev–Trinajstić information content (AvgIpc) is 3.19. The fraction of sp³-hybridized carbons (Fsp3) is 0.368. The smallest absolute Gasteiger partial charge is 0.150 e. The van der Waals surface area contributed by atoms with Gasteiger partial charge in [0.25, 0.3) is 0 Å². The normalized spacial score (nSPS) is 16.3. The van der Waals surface area contributed by atoms with E-state index < -0.39 is 0 Å². The molecular formula is C19H21N5O. The molecule has 0 unspecified atom stereocenters. The van der Waals surface area contributed by atoms with Gasteiger partial charge in [0.15, 0.2) is 5.76 Å². The van der Waals surface area contributed by atoms with Crippen molar-refractivity contribution in [3.63, 3.8) is 0 Å². The number of piperazine rings is 1. The molecular weight excluding hydrogens is 314 g/mol. The van der Waals surface area contributed by atoms with Crippen molar-refractivity contribution in [1.29, 1.82) is 5.26 Å². The van der Waals surface area contributed by atoms with E-state index in [1.807, 2.05) is 41.8 Å². The molecule has 1 aliphatic heterocycles. The van der Waals surface area contributed by atoms with Crippen molar-refractivity contribution in [2.45, 2.75) is 20.0 Å². The van der Waals surface area contributed by atoms with Crippen LogP contribution in [0.4, 0.5) is 0 Å². The van der Waals surface area contributed by atoms with Crippen molar-refractivity contribution in [1.82, 2.24) is 19.4 Å². The third kappa shape index (κ3) is 3.29. The number of nitriles is 1. The number of hydrogen-bond donors (Lipinski definition) is 0. The Balaban J connectivity index is 1.40. The highest BCUT2D eigenvalue weighted by molar-refractivity contribution is 5.65. The Bertz CT molecular complexity index is 911. The van der Waals surface area contributed by atoms with Crippen LogP contribution in [0.25, 0.3) is 5.52 Å². The molecule has 0 atom stereocenters. The van der Waals surface area contributed by atoms with E-state index in [1.165, 1.54) is 0 Å². The van der Waals surface area contributed by atoms with Crippen molar-refractivity contribution < 1.29 is 4.52 Å². The quantitative estimate of drug-likeness (QED) is 0.733. The summed E-state index contributed by atoms with van der Waals surface area (Å²) >= 11 is 0. The van der Waals surface area contributed by atoms with E-state index in [-0.39, 0.29) is 0 Å². The van der Waals surface area contributed by atoms with Gasteiger partial charge in [-0.15, -0.1) is 0 Å². The molecule has 3 aromatic heterocycles. The average molecular weight is 335 g/mol. The van der Waals surface area contributed by atoms with Gasteiger partial charge in [0.1, 0.15) is 6.07 Å². The first-order valence-corrected chi connectivity index (χ1v) is 8.58. The van der Waals surface area contributed by atoms with Crippen LogP contribution in [0.3, 0.4) is 0 Å². The summed E-state index contributed by atoms with van der Waals surface area (Å²) in [5.74, 6) is 0.927. The zero-order valence-electron chi connectivity index (χ0n) is 14.4. The SMILES string of the molecule is Cc1cc(CN2CCN(Cc3cn4ccccc4c3C#N)CC2)on1. The Hall–Kier alpha value is -2.62. The molecule has 6 heteroatoms. The Morgan fingerprint density at radius 2 is 1.92 bits per heavy atom. The first-order valence-electron chi connectivity index (χ1n) is 8.58. The molecule has 1 fully saturated rings. The van der Waals surface area contributed by atoms with Gasteiger partial charge in [-0.1, -0.05) is 11.2 Å². The summed E-state index contributed by atoms with van der Waals surface area (Å²) < 4.78 is 7.35. The molecule has 25 heavy (non-hydrogen) atoms. The molecule has 1 saturated heterocycles. The van der Waals surface area contributed by atoms with Gasteiger partial charge in [0.05, 0.1) is 23.3 Å². The van der Waals surface area contributed by atoms with Gasteiger partial charge in [-0.3, -0.25) is 9.80 Å². The molecule has 4 heterocycles. The second kappa shape index (κ2) is 6.71. The minimum atomic E-state index is 0.792. The fourth-order valence-corrected chi connectivity index (χ4v) is 3.48. The summed E-state index contributed by atoms with van der Waals surface area (Å²) in [6.45, 7) is 7.55. The second-order valence-electron chi connectivity index (χ2n) is 6.62. The molecule has 128 valence electrons. The Labute approximate surface area is 146 Å². The third-order valence-electron chi connectivity index (χ3n) is 4.79. The second-order valence-corrected chi connectivity index (χ2v) is 6.62. The molecule has 0 amide bonds. The van der Waals surface area contributed by atoms with Gasteiger partial charge >= 0.3 is 0 Å². The van der Waals surface area contributed by atoms with Crippen molar-refractivity contribution in [2.24, 2.45) is 0 Å². The lowest BCUT2D eigenvalue weighted by Crippen LogP contribution is -2.45. The Kier molecular flexibility index (Phi) is 4.26.